The molecular formula is C37H37Cl2N3O3. The zero-order chi connectivity index (χ0) is 31.3. The Labute approximate surface area is 274 Å². The first-order chi connectivity index (χ1) is 21.9. The summed E-state index contributed by atoms with van der Waals surface area (Å²) in [6, 6.07) is 26.2. The first-order valence-corrected chi connectivity index (χ1v) is 16.6. The fraction of sp³-hybridized carbons (Fsp3) is 0.324. The molecule has 0 bridgehead atoms. The second-order valence-electron chi connectivity index (χ2n) is 12.1. The number of anilines is 1. The Bertz CT molecular complexity index is 1700. The predicted molar refractivity (Wildman–Crippen MR) is 181 cm³/mol. The van der Waals surface area contributed by atoms with Crippen molar-refractivity contribution in [2.45, 2.75) is 70.0 Å². The number of benzene rings is 4. The quantitative estimate of drug-likeness (QED) is 0.180. The van der Waals surface area contributed by atoms with E-state index in [0.29, 0.717) is 35.0 Å². The van der Waals surface area contributed by atoms with E-state index in [2.05, 4.69) is 5.32 Å². The van der Waals surface area contributed by atoms with Gasteiger partial charge in [0, 0.05) is 42.9 Å². The van der Waals surface area contributed by atoms with E-state index >= 15 is 0 Å². The van der Waals surface area contributed by atoms with Crippen molar-refractivity contribution in [3.05, 3.63) is 112 Å². The molecule has 0 aromatic heterocycles. The lowest BCUT2D eigenvalue weighted by Gasteiger charge is -2.34. The zero-order valence-electron chi connectivity index (χ0n) is 25.2. The fourth-order valence-corrected chi connectivity index (χ4v) is 6.99. The second-order valence-corrected chi connectivity index (χ2v) is 12.9. The molecule has 1 aliphatic heterocycles. The monoisotopic (exact) mass is 641 g/mol. The van der Waals surface area contributed by atoms with Crippen LogP contribution >= 0.6 is 23.2 Å². The van der Waals surface area contributed by atoms with Gasteiger partial charge in [-0.25, -0.2) is 0 Å². The molecule has 0 radical (unpaired) electrons. The Morgan fingerprint density at radius 3 is 2.38 bits per heavy atom. The van der Waals surface area contributed by atoms with Gasteiger partial charge in [0.15, 0.2) is 0 Å². The molecule has 1 atom stereocenters. The predicted octanol–water partition coefficient (Wildman–Crippen LogP) is 7.98. The van der Waals surface area contributed by atoms with Gasteiger partial charge >= 0.3 is 0 Å². The van der Waals surface area contributed by atoms with Crippen LogP contribution in [-0.4, -0.2) is 41.2 Å². The van der Waals surface area contributed by atoms with Crippen LogP contribution in [0.5, 0.6) is 0 Å². The molecule has 4 aromatic carbocycles. The van der Waals surface area contributed by atoms with E-state index in [1.807, 2.05) is 72.8 Å². The van der Waals surface area contributed by atoms with E-state index < -0.39 is 6.04 Å². The third kappa shape index (κ3) is 7.03. The maximum Gasteiger partial charge on any atom is 0.258 e. The van der Waals surface area contributed by atoms with Crippen LogP contribution in [-0.2, 0) is 22.6 Å². The van der Waals surface area contributed by atoms with Gasteiger partial charge in [0.05, 0.1) is 15.7 Å². The maximum atomic E-state index is 14.2. The lowest BCUT2D eigenvalue weighted by molar-refractivity contribution is -0.141. The van der Waals surface area contributed by atoms with Gasteiger partial charge < -0.3 is 15.1 Å². The van der Waals surface area contributed by atoms with Crippen molar-refractivity contribution >= 4 is 57.4 Å². The highest BCUT2D eigenvalue weighted by Crippen LogP contribution is 2.37. The first kappa shape index (κ1) is 31.1. The molecule has 1 N–H and O–H groups in total. The van der Waals surface area contributed by atoms with Crippen LogP contribution in [0, 0.1) is 0 Å². The number of carbonyl (C=O) groups is 3. The largest absolute Gasteiger partial charge is 0.352 e. The summed E-state index contributed by atoms with van der Waals surface area (Å²) in [4.78, 5) is 45.0. The molecule has 232 valence electrons. The Balaban J connectivity index is 1.24. The third-order valence-corrected chi connectivity index (χ3v) is 9.72. The molecule has 0 spiro atoms. The van der Waals surface area contributed by atoms with Crippen LogP contribution in [0.15, 0.2) is 84.9 Å². The minimum Gasteiger partial charge on any atom is -0.352 e. The number of hydrogen-bond donors (Lipinski definition) is 1. The summed E-state index contributed by atoms with van der Waals surface area (Å²) in [6.45, 7) is 0.606. The summed E-state index contributed by atoms with van der Waals surface area (Å²) in [5, 5.41) is 6.09. The number of nitrogens with zero attached hydrogens (tertiary/aromatic N) is 2. The SMILES string of the molecule is O=C(NC1CCCCC1)C(Cc1ccccc1)N(Cc1ccc(Cl)c(Cl)c1)C(=O)CCCN1C(=O)c2cccc3cccc1c23. The van der Waals surface area contributed by atoms with Crippen LogP contribution in [0.1, 0.15) is 66.4 Å². The number of amides is 3. The summed E-state index contributed by atoms with van der Waals surface area (Å²) in [5.74, 6) is -0.338. The smallest absolute Gasteiger partial charge is 0.258 e. The number of hydrogen-bond acceptors (Lipinski definition) is 3. The molecule has 1 saturated carbocycles. The number of halogens is 2. The van der Waals surface area contributed by atoms with Crippen LogP contribution < -0.4 is 10.2 Å². The zero-order valence-corrected chi connectivity index (χ0v) is 26.7. The molecule has 4 aromatic rings. The average Bonchev–Trinajstić information content (AvgIpc) is 3.33. The fourth-order valence-electron chi connectivity index (χ4n) is 6.67. The van der Waals surface area contributed by atoms with E-state index in [1.165, 1.54) is 6.42 Å². The molecule has 1 fully saturated rings. The van der Waals surface area contributed by atoms with E-state index in [-0.39, 0.29) is 36.7 Å². The van der Waals surface area contributed by atoms with Gasteiger partial charge in [0.25, 0.3) is 5.91 Å². The number of nitrogens with one attached hydrogen (secondary N) is 1. The van der Waals surface area contributed by atoms with Gasteiger partial charge in [0.1, 0.15) is 6.04 Å². The van der Waals surface area contributed by atoms with Crippen molar-refractivity contribution in [2.75, 3.05) is 11.4 Å². The van der Waals surface area contributed by atoms with Crippen LogP contribution in [0.25, 0.3) is 10.8 Å². The highest BCUT2D eigenvalue weighted by molar-refractivity contribution is 6.42. The topological polar surface area (TPSA) is 69.7 Å². The molecule has 3 amide bonds. The molecule has 6 nitrogen and oxygen atoms in total. The number of rotatable bonds is 11. The summed E-state index contributed by atoms with van der Waals surface area (Å²) < 4.78 is 0. The molecule has 1 unspecified atom stereocenters. The van der Waals surface area contributed by atoms with Crippen molar-refractivity contribution < 1.29 is 14.4 Å². The molecule has 6 rings (SSSR count). The standard InChI is InChI=1S/C37H37Cl2N3O3/c38-30-20-19-26(22-31(30)39)24-42(33(23-25-10-3-1-4-11-25)36(44)40-28-14-5-2-6-15-28)34(43)18-9-21-41-32-17-8-13-27-12-7-16-29(35(27)32)37(41)45/h1,3-4,7-8,10-13,16-17,19-20,22,28,33H,2,5-6,9,14-15,18,21,23-24H2,(H,40,44). The van der Waals surface area contributed by atoms with Gasteiger partial charge in [0.2, 0.25) is 11.8 Å². The molecular weight excluding hydrogens is 605 g/mol. The Kier molecular flexibility index (Phi) is 9.72. The van der Waals surface area contributed by atoms with Crippen LogP contribution in [0.3, 0.4) is 0 Å². The average molecular weight is 643 g/mol. The molecule has 0 saturated heterocycles. The van der Waals surface area contributed by atoms with Crippen molar-refractivity contribution in [2.24, 2.45) is 0 Å². The van der Waals surface area contributed by atoms with Crippen LogP contribution in [0.4, 0.5) is 5.69 Å². The Morgan fingerprint density at radius 1 is 0.867 bits per heavy atom. The normalized spacial score (nSPS) is 15.3. The van der Waals surface area contributed by atoms with Crippen molar-refractivity contribution in [3.8, 4) is 0 Å². The minimum atomic E-state index is -0.720. The lowest BCUT2D eigenvalue weighted by atomic mass is 9.94. The van der Waals surface area contributed by atoms with Gasteiger partial charge in [-0.05, 0) is 60.0 Å². The van der Waals surface area contributed by atoms with E-state index in [0.717, 1.165) is 53.3 Å². The van der Waals surface area contributed by atoms with E-state index in [4.69, 9.17) is 23.2 Å². The molecule has 1 aliphatic carbocycles. The third-order valence-electron chi connectivity index (χ3n) is 8.98. The summed E-state index contributed by atoms with van der Waals surface area (Å²) in [5.41, 5.74) is 3.33. The van der Waals surface area contributed by atoms with Crippen molar-refractivity contribution in [1.29, 1.82) is 0 Å². The van der Waals surface area contributed by atoms with Gasteiger partial charge in [-0.15, -0.1) is 0 Å². The molecule has 8 heteroatoms. The Morgan fingerprint density at radius 2 is 1.62 bits per heavy atom. The van der Waals surface area contributed by atoms with E-state index in [1.54, 1.807) is 21.9 Å². The molecule has 1 heterocycles. The highest BCUT2D eigenvalue weighted by Gasteiger charge is 2.33. The van der Waals surface area contributed by atoms with E-state index in [9.17, 15) is 14.4 Å². The van der Waals surface area contributed by atoms with Gasteiger partial charge in [-0.3, -0.25) is 14.4 Å². The minimum absolute atomic E-state index is 0.0456. The van der Waals surface area contributed by atoms with Crippen molar-refractivity contribution in [3.63, 3.8) is 0 Å². The summed E-state index contributed by atoms with van der Waals surface area (Å²) >= 11 is 12.6. The lowest BCUT2D eigenvalue weighted by Crippen LogP contribution is -2.52. The molecule has 2 aliphatic rings. The van der Waals surface area contributed by atoms with Crippen molar-refractivity contribution in [1.82, 2.24) is 10.2 Å². The van der Waals surface area contributed by atoms with Crippen LogP contribution in [0.2, 0.25) is 10.0 Å². The van der Waals surface area contributed by atoms with Gasteiger partial charge in [-0.1, -0.05) is 103 Å². The summed E-state index contributed by atoms with van der Waals surface area (Å²) in [6.07, 6.45) is 6.27. The Hall–Kier alpha value is -3.87. The summed E-state index contributed by atoms with van der Waals surface area (Å²) in [7, 11) is 0. The van der Waals surface area contributed by atoms with Gasteiger partial charge in [-0.2, -0.15) is 0 Å². The second kappa shape index (κ2) is 14.1. The molecule has 45 heavy (non-hydrogen) atoms. The number of carbonyl (C=O) groups excluding carboxylic acids is 3. The maximum absolute atomic E-state index is 14.2. The highest BCUT2D eigenvalue weighted by atomic mass is 35.5. The first-order valence-electron chi connectivity index (χ1n) is 15.8.